The number of Topliss-reactive ketones (excluding diaryl/α,β-unsaturated/α-hetero) is 1. The van der Waals surface area contributed by atoms with Crippen molar-refractivity contribution in [3.05, 3.63) is 113 Å². The Morgan fingerprint density at radius 1 is 0.953 bits per heavy atom. The first kappa shape index (κ1) is 27.1. The van der Waals surface area contributed by atoms with Crippen LogP contribution in [0.2, 0.25) is 0 Å². The van der Waals surface area contributed by atoms with E-state index in [1.54, 1.807) is 18.2 Å². The minimum absolute atomic E-state index is 0.0425. The van der Waals surface area contributed by atoms with Gasteiger partial charge in [-0.05, 0) is 40.6 Å². The van der Waals surface area contributed by atoms with Gasteiger partial charge in [-0.15, -0.1) is 10.2 Å². The second kappa shape index (κ2) is 11.2. The molecule has 2 aliphatic rings. The fourth-order valence-electron chi connectivity index (χ4n) is 5.28. The maximum atomic E-state index is 15.3. The third-order valence-corrected chi connectivity index (χ3v) is 9.40. The largest absolute Gasteiger partial charge is 0.507 e. The minimum atomic E-state index is -1.27. The smallest absolute Gasteiger partial charge is 0.301 e. The summed E-state index contributed by atoms with van der Waals surface area (Å²) >= 11 is 2.57. The first-order chi connectivity index (χ1) is 21.0. The number of anilines is 1. The molecule has 0 spiro atoms. The molecule has 43 heavy (non-hydrogen) atoms. The quantitative estimate of drug-likeness (QED) is 0.0762. The number of rotatable bonds is 6. The summed E-state index contributed by atoms with van der Waals surface area (Å²) in [4.78, 5) is 28.1. The van der Waals surface area contributed by atoms with E-state index in [1.165, 1.54) is 36.0 Å². The van der Waals surface area contributed by atoms with Crippen LogP contribution in [0.5, 0.6) is 11.5 Å². The minimum Gasteiger partial charge on any atom is -0.507 e. The molecule has 1 fully saturated rings. The van der Waals surface area contributed by atoms with Crippen molar-refractivity contribution in [1.29, 1.82) is 0 Å². The maximum Gasteiger partial charge on any atom is 0.301 e. The molecule has 1 aromatic heterocycles. The van der Waals surface area contributed by atoms with E-state index in [2.05, 4.69) is 28.4 Å². The van der Waals surface area contributed by atoms with Gasteiger partial charge >= 0.3 is 5.91 Å². The van der Waals surface area contributed by atoms with Crippen LogP contribution in [0.15, 0.2) is 94.8 Å². The molecule has 1 N–H and O–H groups in total. The van der Waals surface area contributed by atoms with Crippen molar-refractivity contribution in [2.24, 2.45) is 0 Å². The summed E-state index contributed by atoms with van der Waals surface area (Å²) in [5.41, 5.74) is 1.13. The van der Waals surface area contributed by atoms with Crippen molar-refractivity contribution < 1.29 is 28.6 Å². The molecule has 1 atom stereocenters. The van der Waals surface area contributed by atoms with Crippen LogP contribution >= 0.6 is 23.1 Å². The molecule has 4 aromatic carbocycles. The number of hydrogen-bond donors (Lipinski definition) is 1. The number of aliphatic hydroxyl groups excluding tert-OH is 1. The van der Waals surface area contributed by atoms with E-state index in [-0.39, 0.29) is 21.8 Å². The first-order valence-corrected chi connectivity index (χ1v) is 15.2. The third kappa shape index (κ3) is 4.90. The number of hydrogen-bond acceptors (Lipinski definition) is 9. The average molecular weight is 612 g/mol. The molecule has 1 amide bonds. The van der Waals surface area contributed by atoms with Crippen molar-refractivity contribution in [1.82, 2.24) is 10.2 Å². The van der Waals surface area contributed by atoms with E-state index in [0.29, 0.717) is 34.8 Å². The van der Waals surface area contributed by atoms with Crippen LogP contribution in [-0.2, 0) is 15.3 Å². The van der Waals surface area contributed by atoms with E-state index in [0.717, 1.165) is 32.6 Å². The van der Waals surface area contributed by atoms with E-state index >= 15 is 4.39 Å². The molecule has 0 bridgehead atoms. The second-order valence-corrected chi connectivity index (χ2v) is 12.0. The molecule has 1 saturated heterocycles. The normalized spacial score (nSPS) is 17.5. The Morgan fingerprint density at radius 2 is 1.72 bits per heavy atom. The molecule has 5 aromatic rings. The van der Waals surface area contributed by atoms with Gasteiger partial charge in [0.25, 0.3) is 5.78 Å². The maximum absolute atomic E-state index is 15.3. The lowest BCUT2D eigenvalue weighted by Gasteiger charge is -2.23. The summed E-state index contributed by atoms with van der Waals surface area (Å²) < 4.78 is 27.0. The van der Waals surface area contributed by atoms with Crippen LogP contribution < -0.4 is 14.4 Å². The van der Waals surface area contributed by atoms with Gasteiger partial charge in [0.15, 0.2) is 15.8 Å². The number of benzene rings is 4. The molecule has 11 heteroatoms. The van der Waals surface area contributed by atoms with E-state index in [4.69, 9.17) is 9.47 Å². The summed E-state index contributed by atoms with van der Waals surface area (Å²) in [6, 6.07) is 23.5. The van der Waals surface area contributed by atoms with Gasteiger partial charge in [0, 0.05) is 16.9 Å². The van der Waals surface area contributed by atoms with Crippen molar-refractivity contribution in [3.8, 4) is 11.5 Å². The number of carbonyl (C=O) groups is 2. The molecule has 2 aliphatic heterocycles. The number of aromatic nitrogens is 2. The van der Waals surface area contributed by atoms with Crippen LogP contribution in [-0.4, -0.2) is 40.2 Å². The molecule has 7 rings (SSSR count). The standard InChI is InChI=1S/C32H22FN3O5S2/c33-23-11-4-3-10-22(23)27-26(28(37)19-12-13-24-25(16-19)41-15-14-40-24)29(38)30(39)36(27)31-34-35-32(43-31)42-17-20-8-5-7-18-6-1-2-9-21(18)20/h1-13,16,27,37H,14-15,17H2/t27-/m1/s1. The van der Waals surface area contributed by atoms with Gasteiger partial charge in [-0.1, -0.05) is 83.8 Å². The first-order valence-electron chi connectivity index (χ1n) is 13.4. The van der Waals surface area contributed by atoms with Gasteiger partial charge in [0.2, 0.25) is 5.13 Å². The molecule has 0 unspecified atom stereocenters. The zero-order valence-corrected chi connectivity index (χ0v) is 24.0. The number of carbonyl (C=O) groups excluding carboxylic acids is 2. The van der Waals surface area contributed by atoms with Gasteiger partial charge in [-0.3, -0.25) is 14.5 Å². The van der Waals surface area contributed by atoms with Gasteiger partial charge in [0.05, 0.1) is 5.57 Å². The third-order valence-electron chi connectivity index (χ3n) is 7.29. The molecular formula is C32H22FN3O5S2. The van der Waals surface area contributed by atoms with Crippen molar-refractivity contribution in [2.45, 2.75) is 16.1 Å². The van der Waals surface area contributed by atoms with E-state index in [9.17, 15) is 14.7 Å². The van der Waals surface area contributed by atoms with Crippen LogP contribution in [0.25, 0.3) is 16.5 Å². The molecule has 0 saturated carbocycles. The van der Waals surface area contributed by atoms with Gasteiger partial charge in [0.1, 0.15) is 30.8 Å². The topological polar surface area (TPSA) is 102 Å². The fraction of sp³-hybridized carbons (Fsp3) is 0.125. The number of thioether (sulfide) groups is 1. The molecule has 0 radical (unpaired) electrons. The number of aliphatic hydroxyl groups is 1. The lowest BCUT2D eigenvalue weighted by Crippen LogP contribution is -2.29. The van der Waals surface area contributed by atoms with Crippen molar-refractivity contribution in [3.63, 3.8) is 0 Å². The number of ether oxygens (including phenoxy) is 2. The Morgan fingerprint density at radius 3 is 2.58 bits per heavy atom. The van der Waals surface area contributed by atoms with Crippen LogP contribution in [0.1, 0.15) is 22.7 Å². The number of nitrogens with zero attached hydrogens (tertiary/aromatic N) is 3. The lowest BCUT2D eigenvalue weighted by molar-refractivity contribution is -0.132. The number of halogens is 1. The Kier molecular flexibility index (Phi) is 7.04. The summed E-state index contributed by atoms with van der Waals surface area (Å²) in [6.45, 7) is 0.718. The Balaban J connectivity index is 1.26. The number of fused-ring (bicyclic) bond motifs is 2. The number of ketones is 1. The van der Waals surface area contributed by atoms with Crippen LogP contribution in [0.4, 0.5) is 9.52 Å². The summed E-state index contributed by atoms with van der Waals surface area (Å²) in [5, 5.41) is 22.3. The Labute approximate surface area is 253 Å². The van der Waals surface area contributed by atoms with E-state index in [1.807, 2.05) is 24.3 Å². The molecular weight excluding hydrogens is 590 g/mol. The molecule has 3 heterocycles. The second-order valence-electron chi connectivity index (χ2n) is 9.83. The van der Waals surface area contributed by atoms with Crippen molar-refractivity contribution in [2.75, 3.05) is 18.1 Å². The zero-order chi connectivity index (χ0) is 29.5. The van der Waals surface area contributed by atoms with Gasteiger partial charge in [-0.2, -0.15) is 0 Å². The molecule has 8 nitrogen and oxygen atoms in total. The van der Waals surface area contributed by atoms with E-state index < -0.39 is 29.3 Å². The highest BCUT2D eigenvalue weighted by atomic mass is 32.2. The predicted octanol–water partition coefficient (Wildman–Crippen LogP) is 6.52. The van der Waals surface area contributed by atoms with Crippen LogP contribution in [0.3, 0.4) is 0 Å². The summed E-state index contributed by atoms with van der Waals surface area (Å²) in [6.07, 6.45) is 0. The highest BCUT2D eigenvalue weighted by Gasteiger charge is 2.49. The fourth-order valence-corrected chi connectivity index (χ4v) is 7.15. The zero-order valence-electron chi connectivity index (χ0n) is 22.4. The predicted molar refractivity (Wildman–Crippen MR) is 162 cm³/mol. The van der Waals surface area contributed by atoms with Crippen molar-refractivity contribution >= 4 is 56.5 Å². The Bertz CT molecular complexity index is 1940. The highest BCUT2D eigenvalue weighted by molar-refractivity contribution is 8.00. The molecule has 0 aliphatic carbocycles. The summed E-state index contributed by atoms with van der Waals surface area (Å²) in [7, 11) is 0. The highest BCUT2D eigenvalue weighted by Crippen LogP contribution is 2.45. The van der Waals surface area contributed by atoms with Gasteiger partial charge in [-0.25, -0.2) is 4.39 Å². The Hall–Kier alpha value is -4.74. The average Bonchev–Trinajstić information content (AvgIpc) is 3.61. The monoisotopic (exact) mass is 611 g/mol. The lowest BCUT2D eigenvalue weighted by atomic mass is 9.95. The summed E-state index contributed by atoms with van der Waals surface area (Å²) in [5.74, 6) is -1.49. The SMILES string of the molecule is O=C1C(=O)N(c2nnc(SCc3cccc4ccccc34)s2)[C@H](c2ccccc2F)C1=C(O)c1ccc2c(c1)OCCO2. The number of amides is 1. The van der Waals surface area contributed by atoms with Crippen LogP contribution in [0, 0.1) is 5.82 Å². The van der Waals surface area contributed by atoms with Gasteiger partial charge < -0.3 is 14.6 Å². The molecule has 214 valence electrons.